The van der Waals surface area contributed by atoms with E-state index >= 15 is 0 Å². The minimum atomic E-state index is -0.556. The number of halogens is 1. The highest BCUT2D eigenvalue weighted by Crippen LogP contribution is 2.36. The van der Waals surface area contributed by atoms with E-state index in [0.29, 0.717) is 18.7 Å². The van der Waals surface area contributed by atoms with Gasteiger partial charge >= 0.3 is 7.12 Å². The van der Waals surface area contributed by atoms with E-state index in [-0.39, 0.29) is 11.7 Å². The van der Waals surface area contributed by atoms with E-state index in [1.54, 1.807) is 12.1 Å². The lowest BCUT2D eigenvalue weighted by atomic mass is 9.78. The van der Waals surface area contributed by atoms with E-state index in [9.17, 15) is 9.18 Å². The summed E-state index contributed by atoms with van der Waals surface area (Å²) in [7, 11) is -0.556. The lowest BCUT2D eigenvalue weighted by Gasteiger charge is -2.32. The summed E-state index contributed by atoms with van der Waals surface area (Å²) in [5.41, 5.74) is 0.153. The van der Waals surface area contributed by atoms with Crippen LogP contribution in [0.25, 0.3) is 0 Å². The fraction of sp³-hybridized carbons (Fsp3) is 0.588. The van der Waals surface area contributed by atoms with Gasteiger partial charge in [-0.1, -0.05) is 6.07 Å². The Morgan fingerprint density at radius 2 is 1.78 bits per heavy atom. The highest BCUT2D eigenvalue weighted by atomic mass is 19.1. The van der Waals surface area contributed by atoms with Crippen molar-refractivity contribution in [1.29, 1.82) is 0 Å². The number of hydrogen-bond donors (Lipinski definition) is 0. The molecule has 2 heterocycles. The number of carbonyl (C=O) groups excluding carboxylic acids is 1. The maximum absolute atomic E-state index is 14.2. The molecular formula is C17H23BFNO3. The first-order valence-electron chi connectivity index (χ1n) is 8.17. The van der Waals surface area contributed by atoms with Gasteiger partial charge in [-0.25, -0.2) is 4.39 Å². The van der Waals surface area contributed by atoms with Crippen molar-refractivity contribution in [3.63, 3.8) is 0 Å². The number of nitrogens with zero attached hydrogens (tertiary/aromatic N) is 1. The molecule has 2 saturated heterocycles. The monoisotopic (exact) mass is 319 g/mol. The van der Waals surface area contributed by atoms with Crippen molar-refractivity contribution in [2.24, 2.45) is 0 Å². The molecule has 1 aromatic rings. The molecule has 0 N–H and O–H groups in total. The van der Waals surface area contributed by atoms with Crippen molar-refractivity contribution in [1.82, 2.24) is 0 Å². The minimum Gasteiger partial charge on any atom is -0.399 e. The van der Waals surface area contributed by atoms with Gasteiger partial charge in [0.15, 0.2) is 0 Å². The zero-order valence-electron chi connectivity index (χ0n) is 14.2. The van der Waals surface area contributed by atoms with Crippen molar-refractivity contribution >= 4 is 24.2 Å². The van der Waals surface area contributed by atoms with Crippen molar-refractivity contribution in [2.75, 3.05) is 11.4 Å². The summed E-state index contributed by atoms with van der Waals surface area (Å²) < 4.78 is 26.3. The highest BCUT2D eigenvalue weighted by molar-refractivity contribution is 6.62. The first kappa shape index (κ1) is 16.5. The Bertz CT molecular complexity index is 616. The van der Waals surface area contributed by atoms with Crippen LogP contribution in [0.5, 0.6) is 0 Å². The number of carbonyl (C=O) groups is 1. The molecule has 1 amide bonds. The van der Waals surface area contributed by atoms with Gasteiger partial charge in [-0.3, -0.25) is 4.79 Å². The number of amides is 1. The molecule has 0 atom stereocenters. The Morgan fingerprint density at radius 1 is 1.13 bits per heavy atom. The van der Waals surface area contributed by atoms with E-state index in [1.807, 2.05) is 27.7 Å². The van der Waals surface area contributed by atoms with Crippen LogP contribution < -0.4 is 10.4 Å². The molecule has 0 radical (unpaired) electrons. The average molecular weight is 319 g/mol. The predicted molar refractivity (Wildman–Crippen MR) is 88.3 cm³/mol. The largest absolute Gasteiger partial charge is 0.494 e. The Hall–Kier alpha value is -1.40. The predicted octanol–water partition coefficient (Wildman–Crippen LogP) is 2.64. The van der Waals surface area contributed by atoms with Gasteiger partial charge in [0, 0.05) is 13.0 Å². The van der Waals surface area contributed by atoms with Gasteiger partial charge in [-0.2, -0.15) is 0 Å². The van der Waals surface area contributed by atoms with E-state index < -0.39 is 18.3 Å². The summed E-state index contributed by atoms with van der Waals surface area (Å²) in [6.45, 7) is 8.47. The van der Waals surface area contributed by atoms with Crippen molar-refractivity contribution in [3.05, 3.63) is 24.0 Å². The smallest absolute Gasteiger partial charge is 0.399 e. The Labute approximate surface area is 137 Å². The first-order valence-corrected chi connectivity index (χ1v) is 8.17. The number of rotatable bonds is 2. The Balaban J connectivity index is 1.91. The topological polar surface area (TPSA) is 38.8 Å². The molecule has 0 saturated carbocycles. The molecule has 0 unspecified atom stereocenters. The second kappa shape index (κ2) is 5.60. The molecule has 6 heteroatoms. The summed E-state index contributed by atoms with van der Waals surface area (Å²) in [4.78, 5) is 13.6. The van der Waals surface area contributed by atoms with Crippen LogP contribution in [0.1, 0.15) is 47.0 Å². The molecule has 2 aliphatic heterocycles. The molecule has 0 aromatic heterocycles. The summed E-state index contributed by atoms with van der Waals surface area (Å²) >= 11 is 0. The van der Waals surface area contributed by atoms with Crippen LogP contribution in [0.15, 0.2) is 18.2 Å². The quantitative estimate of drug-likeness (QED) is 0.787. The molecule has 0 spiro atoms. The third kappa shape index (κ3) is 2.90. The van der Waals surface area contributed by atoms with Gasteiger partial charge in [-0.15, -0.1) is 0 Å². The number of anilines is 1. The molecular weight excluding hydrogens is 296 g/mol. The maximum Gasteiger partial charge on any atom is 0.494 e. The van der Waals surface area contributed by atoms with Crippen LogP contribution in [0, 0.1) is 5.82 Å². The SMILES string of the molecule is CC1(C)OB(c2ccc(F)c(N3CCCCC3=O)c2)OC1(C)C. The summed E-state index contributed by atoms with van der Waals surface area (Å²) in [6.07, 6.45) is 2.24. The standard InChI is InChI=1S/C17H23BFNO3/c1-16(2)17(3,4)23-18(22-16)12-8-9-13(19)14(11-12)20-10-6-5-7-15(20)21/h8-9,11H,5-7,10H2,1-4H3. The fourth-order valence-electron chi connectivity index (χ4n) is 2.92. The van der Waals surface area contributed by atoms with Crippen LogP contribution in [-0.2, 0) is 14.1 Å². The van der Waals surface area contributed by atoms with Crippen LogP contribution in [0.3, 0.4) is 0 Å². The van der Waals surface area contributed by atoms with Gasteiger partial charge in [0.1, 0.15) is 5.82 Å². The molecule has 1 aromatic carbocycles. The Morgan fingerprint density at radius 3 is 2.39 bits per heavy atom. The summed E-state index contributed by atoms with van der Waals surface area (Å²) in [5, 5.41) is 0. The van der Waals surface area contributed by atoms with Crippen molar-refractivity contribution in [2.45, 2.75) is 58.2 Å². The number of piperidine rings is 1. The lowest BCUT2D eigenvalue weighted by molar-refractivity contribution is -0.119. The molecule has 2 fully saturated rings. The minimum absolute atomic E-state index is 0.0266. The third-order valence-electron chi connectivity index (χ3n) is 5.11. The fourth-order valence-corrected chi connectivity index (χ4v) is 2.92. The molecule has 3 rings (SSSR count). The maximum atomic E-state index is 14.2. The second-order valence-electron chi connectivity index (χ2n) is 7.30. The lowest BCUT2D eigenvalue weighted by Crippen LogP contribution is -2.41. The molecule has 2 aliphatic rings. The molecule has 4 nitrogen and oxygen atoms in total. The first-order chi connectivity index (χ1) is 10.7. The van der Waals surface area contributed by atoms with Gasteiger partial charge in [-0.05, 0) is 58.1 Å². The van der Waals surface area contributed by atoms with Gasteiger partial charge in [0.05, 0.1) is 16.9 Å². The van der Waals surface area contributed by atoms with Gasteiger partial charge < -0.3 is 14.2 Å². The zero-order chi connectivity index (χ0) is 16.8. The molecule has 23 heavy (non-hydrogen) atoms. The Kier molecular flexibility index (Phi) is 4.01. The van der Waals surface area contributed by atoms with Crippen LogP contribution in [-0.4, -0.2) is 30.8 Å². The second-order valence-corrected chi connectivity index (χ2v) is 7.30. The number of benzene rings is 1. The van der Waals surface area contributed by atoms with E-state index in [2.05, 4.69) is 0 Å². The normalized spacial score (nSPS) is 23.4. The average Bonchev–Trinajstić information content (AvgIpc) is 2.69. The molecule has 124 valence electrons. The third-order valence-corrected chi connectivity index (χ3v) is 5.11. The molecule has 0 aliphatic carbocycles. The van der Waals surface area contributed by atoms with Crippen LogP contribution >= 0.6 is 0 Å². The van der Waals surface area contributed by atoms with E-state index in [0.717, 1.165) is 18.3 Å². The van der Waals surface area contributed by atoms with Crippen molar-refractivity contribution in [3.8, 4) is 0 Å². The summed E-state index contributed by atoms with van der Waals surface area (Å²) in [5.74, 6) is -0.415. The molecule has 0 bridgehead atoms. The van der Waals surface area contributed by atoms with Gasteiger partial charge in [0.25, 0.3) is 0 Å². The van der Waals surface area contributed by atoms with E-state index in [1.165, 1.54) is 11.0 Å². The van der Waals surface area contributed by atoms with Gasteiger partial charge in [0.2, 0.25) is 5.91 Å². The van der Waals surface area contributed by atoms with Crippen LogP contribution in [0.2, 0.25) is 0 Å². The highest BCUT2D eigenvalue weighted by Gasteiger charge is 2.51. The summed E-state index contributed by atoms with van der Waals surface area (Å²) in [6, 6.07) is 4.73. The van der Waals surface area contributed by atoms with E-state index in [4.69, 9.17) is 9.31 Å². The number of hydrogen-bond acceptors (Lipinski definition) is 3. The zero-order valence-corrected chi connectivity index (χ0v) is 14.2. The van der Waals surface area contributed by atoms with Crippen LogP contribution in [0.4, 0.5) is 10.1 Å². The van der Waals surface area contributed by atoms with Crippen molar-refractivity contribution < 1.29 is 18.5 Å².